The number of likely N-dealkylation sites (N-methyl/N-ethyl adjacent to an activating group) is 1. The number of benzene rings is 2. The van der Waals surface area contributed by atoms with Gasteiger partial charge in [-0.1, -0.05) is 12.1 Å². The molecule has 0 saturated carbocycles. The largest absolute Gasteiger partial charge is 0.497 e. The lowest BCUT2D eigenvalue weighted by Gasteiger charge is -2.24. The summed E-state index contributed by atoms with van der Waals surface area (Å²) in [6, 6.07) is 14.1. The number of nitrogens with one attached hydrogen (secondary N) is 2. The van der Waals surface area contributed by atoms with E-state index in [9.17, 15) is 0 Å². The average molecular weight is 374 g/mol. The second kappa shape index (κ2) is 9.87. The number of rotatable bonds is 8. The second-order valence-electron chi connectivity index (χ2n) is 5.87. The van der Waals surface area contributed by atoms with Gasteiger partial charge in [0.05, 0.1) is 19.9 Å². The molecule has 0 radical (unpaired) electrons. The van der Waals surface area contributed by atoms with Crippen molar-refractivity contribution in [1.29, 1.82) is 0 Å². The Morgan fingerprint density at radius 2 is 1.92 bits per heavy atom. The van der Waals surface area contributed by atoms with Crippen LogP contribution in [-0.4, -0.2) is 39.0 Å². The number of anilines is 2. The molecule has 0 spiro atoms. The number of aryl methyl sites for hydroxylation is 1. The van der Waals surface area contributed by atoms with E-state index in [1.165, 1.54) is 11.3 Å². The highest BCUT2D eigenvalue weighted by atomic mass is 32.1. The Balaban J connectivity index is 1.88. The van der Waals surface area contributed by atoms with Crippen LogP contribution in [0.5, 0.6) is 11.5 Å². The molecule has 140 valence electrons. The van der Waals surface area contributed by atoms with E-state index in [0.717, 1.165) is 31.1 Å². The van der Waals surface area contributed by atoms with Crippen molar-refractivity contribution in [2.45, 2.75) is 13.8 Å². The average Bonchev–Trinajstić information content (AvgIpc) is 2.65. The van der Waals surface area contributed by atoms with Crippen LogP contribution in [0.2, 0.25) is 0 Å². The Bertz CT molecular complexity index is 737. The Morgan fingerprint density at radius 1 is 1.12 bits per heavy atom. The van der Waals surface area contributed by atoms with Crippen molar-refractivity contribution in [2.75, 3.05) is 44.1 Å². The first kappa shape index (κ1) is 19.8. The van der Waals surface area contributed by atoms with Gasteiger partial charge in [0, 0.05) is 31.4 Å². The standard InChI is InChI=1S/C20H27N3O2S/c1-5-23(16-8-6-7-15(2)13-16)12-11-21-20(26)22-18-10-9-17(24-3)14-19(18)25-4/h6-10,13-14H,5,11-12H2,1-4H3,(H2,21,22,26). The Kier molecular flexibility index (Phi) is 7.53. The van der Waals surface area contributed by atoms with Crippen molar-refractivity contribution in [2.24, 2.45) is 0 Å². The predicted molar refractivity (Wildman–Crippen MR) is 113 cm³/mol. The van der Waals surface area contributed by atoms with Crippen LogP contribution < -0.4 is 25.0 Å². The maximum Gasteiger partial charge on any atom is 0.170 e. The summed E-state index contributed by atoms with van der Waals surface area (Å²) in [4.78, 5) is 2.32. The summed E-state index contributed by atoms with van der Waals surface area (Å²) < 4.78 is 10.6. The van der Waals surface area contributed by atoms with Crippen LogP contribution in [0.25, 0.3) is 0 Å². The van der Waals surface area contributed by atoms with Crippen LogP contribution in [0.1, 0.15) is 12.5 Å². The Hall–Kier alpha value is -2.47. The van der Waals surface area contributed by atoms with Gasteiger partial charge in [0.15, 0.2) is 5.11 Å². The molecule has 0 heterocycles. The van der Waals surface area contributed by atoms with Crippen molar-refractivity contribution in [3.05, 3.63) is 48.0 Å². The third kappa shape index (κ3) is 5.52. The summed E-state index contributed by atoms with van der Waals surface area (Å²) in [6.45, 7) is 6.81. The number of hydrogen-bond acceptors (Lipinski definition) is 4. The van der Waals surface area contributed by atoms with Crippen molar-refractivity contribution >= 4 is 28.7 Å². The summed E-state index contributed by atoms with van der Waals surface area (Å²) in [5.74, 6) is 1.42. The molecule has 0 unspecified atom stereocenters. The van der Waals surface area contributed by atoms with Gasteiger partial charge in [-0.15, -0.1) is 0 Å². The molecule has 0 aliphatic carbocycles. The van der Waals surface area contributed by atoms with Gasteiger partial charge < -0.3 is 25.0 Å². The lowest BCUT2D eigenvalue weighted by atomic mass is 10.2. The van der Waals surface area contributed by atoms with Gasteiger partial charge in [-0.05, 0) is 55.9 Å². The summed E-state index contributed by atoms with van der Waals surface area (Å²) in [6.07, 6.45) is 0. The lowest BCUT2D eigenvalue weighted by Crippen LogP contribution is -2.37. The monoisotopic (exact) mass is 373 g/mol. The highest BCUT2D eigenvalue weighted by Gasteiger charge is 2.08. The topological polar surface area (TPSA) is 45.8 Å². The fraction of sp³-hybridized carbons (Fsp3) is 0.350. The van der Waals surface area contributed by atoms with Gasteiger partial charge in [-0.2, -0.15) is 0 Å². The van der Waals surface area contributed by atoms with Crippen LogP contribution in [0.3, 0.4) is 0 Å². The maximum absolute atomic E-state index is 5.40. The highest BCUT2D eigenvalue weighted by molar-refractivity contribution is 7.80. The molecule has 26 heavy (non-hydrogen) atoms. The van der Waals surface area contributed by atoms with Crippen molar-refractivity contribution in [1.82, 2.24) is 5.32 Å². The van der Waals surface area contributed by atoms with Crippen molar-refractivity contribution in [3.63, 3.8) is 0 Å². The number of nitrogens with zero attached hydrogens (tertiary/aromatic N) is 1. The first-order chi connectivity index (χ1) is 12.6. The third-order valence-electron chi connectivity index (χ3n) is 4.07. The maximum atomic E-state index is 5.40. The van der Waals surface area contributed by atoms with E-state index in [-0.39, 0.29) is 0 Å². The molecule has 2 aromatic carbocycles. The Morgan fingerprint density at radius 3 is 2.58 bits per heavy atom. The van der Waals surface area contributed by atoms with Crippen LogP contribution in [0.15, 0.2) is 42.5 Å². The number of ether oxygens (including phenoxy) is 2. The Labute approximate surface area is 161 Å². The summed E-state index contributed by atoms with van der Waals surface area (Å²) in [5, 5.41) is 6.99. The van der Waals surface area contributed by atoms with Crippen LogP contribution in [-0.2, 0) is 0 Å². The van der Waals surface area contributed by atoms with Crippen LogP contribution in [0, 0.1) is 6.92 Å². The molecule has 0 bridgehead atoms. The molecule has 2 rings (SSSR count). The zero-order chi connectivity index (χ0) is 18.9. The number of thiocarbonyl (C=S) groups is 1. The fourth-order valence-electron chi connectivity index (χ4n) is 2.67. The minimum absolute atomic E-state index is 0.564. The van der Waals surface area contributed by atoms with Gasteiger partial charge in [-0.25, -0.2) is 0 Å². The molecule has 2 aromatic rings. The van der Waals surface area contributed by atoms with E-state index in [0.29, 0.717) is 10.9 Å². The molecule has 2 N–H and O–H groups in total. The van der Waals surface area contributed by atoms with E-state index in [4.69, 9.17) is 21.7 Å². The van der Waals surface area contributed by atoms with Gasteiger partial charge in [0.2, 0.25) is 0 Å². The first-order valence-corrected chi connectivity index (χ1v) is 9.06. The number of hydrogen-bond donors (Lipinski definition) is 2. The van der Waals surface area contributed by atoms with Gasteiger partial charge in [0.1, 0.15) is 11.5 Å². The molecule has 0 atom stereocenters. The van der Waals surface area contributed by atoms with E-state index in [1.54, 1.807) is 14.2 Å². The van der Waals surface area contributed by atoms with E-state index in [1.807, 2.05) is 18.2 Å². The van der Waals surface area contributed by atoms with Crippen molar-refractivity contribution < 1.29 is 9.47 Å². The minimum Gasteiger partial charge on any atom is -0.497 e. The molecule has 0 aromatic heterocycles. The normalized spacial score (nSPS) is 10.2. The van der Waals surface area contributed by atoms with Crippen LogP contribution in [0.4, 0.5) is 11.4 Å². The molecule has 0 saturated heterocycles. The molecule has 6 heteroatoms. The molecule has 0 aliphatic rings. The predicted octanol–water partition coefficient (Wildman–Crippen LogP) is 3.83. The molecular formula is C20H27N3O2S. The van der Waals surface area contributed by atoms with Gasteiger partial charge in [-0.3, -0.25) is 0 Å². The summed E-state index contributed by atoms with van der Waals surface area (Å²) >= 11 is 5.40. The minimum atomic E-state index is 0.564. The van der Waals surface area contributed by atoms with E-state index < -0.39 is 0 Å². The first-order valence-electron chi connectivity index (χ1n) is 8.65. The zero-order valence-electron chi connectivity index (χ0n) is 15.8. The van der Waals surface area contributed by atoms with Crippen molar-refractivity contribution in [3.8, 4) is 11.5 Å². The second-order valence-corrected chi connectivity index (χ2v) is 6.27. The SMILES string of the molecule is CCN(CCNC(=S)Nc1ccc(OC)cc1OC)c1cccc(C)c1. The quantitative estimate of drug-likeness (QED) is 0.686. The molecule has 0 aliphatic heterocycles. The smallest absolute Gasteiger partial charge is 0.170 e. The third-order valence-corrected chi connectivity index (χ3v) is 4.32. The lowest BCUT2D eigenvalue weighted by molar-refractivity contribution is 0.395. The van der Waals surface area contributed by atoms with Gasteiger partial charge in [0.25, 0.3) is 0 Å². The highest BCUT2D eigenvalue weighted by Crippen LogP contribution is 2.28. The molecule has 5 nitrogen and oxygen atoms in total. The van der Waals surface area contributed by atoms with E-state index >= 15 is 0 Å². The number of methoxy groups -OCH3 is 2. The van der Waals surface area contributed by atoms with Crippen LogP contribution >= 0.6 is 12.2 Å². The molecular weight excluding hydrogens is 346 g/mol. The summed E-state index contributed by atoms with van der Waals surface area (Å²) in [7, 11) is 3.25. The van der Waals surface area contributed by atoms with E-state index in [2.05, 4.69) is 53.6 Å². The summed E-state index contributed by atoms with van der Waals surface area (Å²) in [5.41, 5.74) is 3.29. The van der Waals surface area contributed by atoms with Gasteiger partial charge >= 0.3 is 0 Å². The molecule has 0 fully saturated rings. The zero-order valence-corrected chi connectivity index (χ0v) is 16.7. The fourth-order valence-corrected chi connectivity index (χ4v) is 2.88. The molecule has 0 amide bonds.